The molecule has 1 atom stereocenters. The van der Waals surface area contributed by atoms with Gasteiger partial charge in [-0.25, -0.2) is 8.42 Å². The molecule has 0 radical (unpaired) electrons. The first kappa shape index (κ1) is 23.9. The highest BCUT2D eigenvalue weighted by Crippen LogP contribution is 2.25. The average molecular weight is 458 g/mol. The quantitative estimate of drug-likeness (QED) is 0.666. The summed E-state index contributed by atoms with van der Waals surface area (Å²) in [6, 6.07) is 13.6. The number of para-hydroxylation sites is 1. The first-order valence-corrected chi connectivity index (χ1v) is 12.4. The Balaban J connectivity index is 1.71. The second-order valence-corrected chi connectivity index (χ2v) is 10.6. The summed E-state index contributed by atoms with van der Waals surface area (Å²) in [5.74, 6) is -0.708. The van der Waals surface area contributed by atoms with Crippen molar-refractivity contribution in [3.8, 4) is 0 Å². The van der Waals surface area contributed by atoms with Crippen molar-refractivity contribution in [1.29, 1.82) is 0 Å². The van der Waals surface area contributed by atoms with Gasteiger partial charge in [-0.2, -0.15) is 4.31 Å². The molecule has 7 nitrogen and oxygen atoms in total. The third-order valence-corrected chi connectivity index (χ3v) is 7.39. The highest BCUT2D eigenvalue weighted by Gasteiger charge is 2.33. The van der Waals surface area contributed by atoms with Crippen molar-refractivity contribution in [3.05, 3.63) is 59.7 Å². The number of sulfonamides is 1. The number of nitrogens with one attached hydrogen (secondary N) is 2. The smallest absolute Gasteiger partial charge is 0.253 e. The van der Waals surface area contributed by atoms with Gasteiger partial charge in [-0.05, 0) is 49.9 Å². The van der Waals surface area contributed by atoms with Crippen LogP contribution in [0, 0.1) is 18.8 Å². The number of carbonyl (C=O) groups is 2. The van der Waals surface area contributed by atoms with Gasteiger partial charge in [0.15, 0.2) is 0 Å². The van der Waals surface area contributed by atoms with Crippen LogP contribution in [-0.4, -0.2) is 44.2 Å². The van der Waals surface area contributed by atoms with Gasteiger partial charge in [-0.15, -0.1) is 0 Å². The fraction of sp³-hybridized carbons (Fsp3) is 0.417. The minimum atomic E-state index is -3.67. The van der Waals surface area contributed by atoms with Crippen LogP contribution < -0.4 is 10.6 Å². The lowest BCUT2D eigenvalue weighted by atomic mass is 9.98. The predicted molar refractivity (Wildman–Crippen MR) is 125 cm³/mol. The maximum atomic E-state index is 13.0. The Hall–Kier alpha value is -2.71. The Bertz CT molecular complexity index is 1060. The molecule has 0 spiro atoms. The zero-order valence-electron chi connectivity index (χ0n) is 18.8. The molecule has 1 saturated heterocycles. The van der Waals surface area contributed by atoms with Gasteiger partial charge in [-0.3, -0.25) is 9.59 Å². The number of hydrogen-bond donors (Lipinski definition) is 2. The molecule has 2 amide bonds. The summed E-state index contributed by atoms with van der Waals surface area (Å²) in [5.41, 5.74) is 1.80. The number of hydrogen-bond acceptors (Lipinski definition) is 4. The number of aryl methyl sites for hydroxylation is 1. The third-order valence-electron chi connectivity index (χ3n) is 5.51. The summed E-state index contributed by atoms with van der Waals surface area (Å²) in [5, 5.41) is 5.71. The topological polar surface area (TPSA) is 95.6 Å². The van der Waals surface area contributed by atoms with Crippen molar-refractivity contribution in [2.45, 2.75) is 38.5 Å². The fourth-order valence-corrected chi connectivity index (χ4v) is 5.17. The van der Waals surface area contributed by atoms with E-state index in [-0.39, 0.29) is 23.3 Å². The summed E-state index contributed by atoms with van der Waals surface area (Å²) >= 11 is 0. The van der Waals surface area contributed by atoms with Gasteiger partial charge in [0, 0.05) is 19.6 Å². The molecule has 0 unspecified atom stereocenters. The molecule has 1 aliphatic heterocycles. The molecule has 2 aromatic rings. The molecule has 172 valence electrons. The number of carbonyl (C=O) groups excluding carboxylic acids is 2. The summed E-state index contributed by atoms with van der Waals surface area (Å²) in [6.07, 6.45) is 1.19. The van der Waals surface area contributed by atoms with Crippen molar-refractivity contribution in [1.82, 2.24) is 9.62 Å². The number of piperidine rings is 1. The van der Waals surface area contributed by atoms with E-state index in [9.17, 15) is 18.0 Å². The van der Waals surface area contributed by atoms with Gasteiger partial charge < -0.3 is 10.6 Å². The van der Waals surface area contributed by atoms with E-state index in [0.29, 0.717) is 43.1 Å². The fourth-order valence-electron chi connectivity index (χ4n) is 3.65. The van der Waals surface area contributed by atoms with Gasteiger partial charge in [0.1, 0.15) is 0 Å². The van der Waals surface area contributed by atoms with E-state index in [4.69, 9.17) is 0 Å². The lowest BCUT2D eigenvalue weighted by Crippen LogP contribution is -2.43. The SMILES string of the molecule is Cc1ccc(S(=O)(=O)N2CCC[C@@H](C(=O)Nc3ccccc3C(=O)NCC(C)C)C2)cc1. The van der Waals surface area contributed by atoms with E-state index in [0.717, 1.165) is 5.56 Å². The molecule has 0 saturated carbocycles. The minimum absolute atomic E-state index is 0.115. The first-order valence-electron chi connectivity index (χ1n) is 10.9. The molecule has 32 heavy (non-hydrogen) atoms. The molecular formula is C24H31N3O4S. The standard InChI is InChI=1S/C24H31N3O4S/c1-17(2)15-25-24(29)21-8-4-5-9-22(21)26-23(28)19-7-6-14-27(16-19)32(30,31)20-12-10-18(3)11-13-20/h4-5,8-13,17,19H,6-7,14-16H2,1-3H3,(H,25,29)(H,26,28)/t19-/m1/s1. The van der Waals surface area contributed by atoms with Gasteiger partial charge in [0.05, 0.1) is 22.1 Å². The highest BCUT2D eigenvalue weighted by molar-refractivity contribution is 7.89. The van der Waals surface area contributed by atoms with Crippen molar-refractivity contribution >= 4 is 27.5 Å². The van der Waals surface area contributed by atoms with E-state index in [1.807, 2.05) is 20.8 Å². The molecule has 2 N–H and O–H groups in total. The maximum absolute atomic E-state index is 13.0. The molecule has 0 aliphatic carbocycles. The number of anilines is 1. The van der Waals surface area contributed by atoms with E-state index in [1.165, 1.54) is 4.31 Å². The van der Waals surface area contributed by atoms with E-state index >= 15 is 0 Å². The van der Waals surface area contributed by atoms with Gasteiger partial charge in [-0.1, -0.05) is 43.7 Å². The lowest BCUT2D eigenvalue weighted by Gasteiger charge is -2.31. The zero-order valence-corrected chi connectivity index (χ0v) is 19.6. The monoisotopic (exact) mass is 457 g/mol. The molecule has 8 heteroatoms. The Morgan fingerprint density at radius 3 is 2.47 bits per heavy atom. The van der Waals surface area contributed by atoms with Crippen LogP contribution in [0.15, 0.2) is 53.4 Å². The van der Waals surface area contributed by atoms with Crippen LogP contribution in [-0.2, 0) is 14.8 Å². The summed E-state index contributed by atoms with van der Waals surface area (Å²) < 4.78 is 27.5. The van der Waals surface area contributed by atoms with Crippen molar-refractivity contribution in [3.63, 3.8) is 0 Å². The summed E-state index contributed by atoms with van der Waals surface area (Å²) in [4.78, 5) is 25.8. The van der Waals surface area contributed by atoms with E-state index in [2.05, 4.69) is 10.6 Å². The van der Waals surface area contributed by atoms with Crippen molar-refractivity contribution < 1.29 is 18.0 Å². The molecule has 1 aliphatic rings. The lowest BCUT2D eigenvalue weighted by molar-refractivity contribution is -0.120. The largest absolute Gasteiger partial charge is 0.352 e. The molecule has 1 fully saturated rings. The minimum Gasteiger partial charge on any atom is -0.352 e. The van der Waals surface area contributed by atoms with Crippen molar-refractivity contribution in [2.24, 2.45) is 11.8 Å². The van der Waals surface area contributed by atoms with Gasteiger partial charge in [0.2, 0.25) is 15.9 Å². The molecular weight excluding hydrogens is 426 g/mol. The van der Waals surface area contributed by atoms with Crippen LogP contribution in [0.5, 0.6) is 0 Å². The van der Waals surface area contributed by atoms with Crippen LogP contribution in [0.2, 0.25) is 0 Å². The Kier molecular flexibility index (Phi) is 7.69. The summed E-state index contributed by atoms with van der Waals surface area (Å²) in [7, 11) is -3.67. The number of amides is 2. The molecule has 2 aromatic carbocycles. The molecule has 1 heterocycles. The van der Waals surface area contributed by atoms with E-state index < -0.39 is 15.9 Å². The predicted octanol–water partition coefficient (Wildman–Crippen LogP) is 3.42. The Labute approximate surface area is 190 Å². The van der Waals surface area contributed by atoms with Crippen LogP contribution in [0.1, 0.15) is 42.6 Å². The van der Waals surface area contributed by atoms with Crippen LogP contribution >= 0.6 is 0 Å². The Morgan fingerprint density at radius 1 is 1.09 bits per heavy atom. The normalized spacial score (nSPS) is 17.2. The second kappa shape index (κ2) is 10.3. The molecule has 0 bridgehead atoms. The molecule has 0 aromatic heterocycles. The highest BCUT2D eigenvalue weighted by atomic mass is 32.2. The summed E-state index contributed by atoms with van der Waals surface area (Å²) in [6.45, 7) is 6.95. The van der Waals surface area contributed by atoms with E-state index in [1.54, 1.807) is 48.5 Å². The second-order valence-electron chi connectivity index (χ2n) is 8.65. The van der Waals surface area contributed by atoms with Gasteiger partial charge >= 0.3 is 0 Å². The Morgan fingerprint density at radius 2 is 1.78 bits per heavy atom. The van der Waals surface area contributed by atoms with Gasteiger partial charge in [0.25, 0.3) is 5.91 Å². The third kappa shape index (κ3) is 5.75. The number of benzene rings is 2. The maximum Gasteiger partial charge on any atom is 0.253 e. The molecule has 3 rings (SSSR count). The number of nitrogens with zero attached hydrogens (tertiary/aromatic N) is 1. The van der Waals surface area contributed by atoms with Crippen LogP contribution in [0.3, 0.4) is 0 Å². The number of rotatable bonds is 7. The van der Waals surface area contributed by atoms with Crippen LogP contribution in [0.25, 0.3) is 0 Å². The first-order chi connectivity index (χ1) is 15.2. The van der Waals surface area contributed by atoms with Crippen LogP contribution in [0.4, 0.5) is 5.69 Å². The average Bonchev–Trinajstić information content (AvgIpc) is 2.78. The zero-order chi connectivity index (χ0) is 23.3. The van der Waals surface area contributed by atoms with Crippen molar-refractivity contribution in [2.75, 3.05) is 25.0 Å².